The molecule has 29 heavy (non-hydrogen) atoms. The first kappa shape index (κ1) is 17.7. The largest absolute Gasteiger partial charge is 0.393 e. The van der Waals surface area contributed by atoms with Crippen LogP contribution in [0.1, 0.15) is 25.7 Å². The lowest BCUT2D eigenvalue weighted by molar-refractivity contribution is 0.126. The summed E-state index contributed by atoms with van der Waals surface area (Å²) < 4.78 is 3.57. The molecule has 4 aromatic rings. The van der Waals surface area contributed by atoms with Gasteiger partial charge in [-0.05, 0) is 56.0 Å². The van der Waals surface area contributed by atoms with Crippen molar-refractivity contribution in [1.29, 1.82) is 0 Å². The summed E-state index contributed by atoms with van der Waals surface area (Å²) in [6.07, 6.45) is 3.40. The molecule has 1 saturated carbocycles. The summed E-state index contributed by atoms with van der Waals surface area (Å²) in [5.41, 5.74) is 8.50. The van der Waals surface area contributed by atoms with Crippen LogP contribution in [0.25, 0.3) is 16.6 Å². The van der Waals surface area contributed by atoms with E-state index in [1.165, 1.54) is 0 Å². The molecular formula is C20H24N8O. The zero-order valence-electron chi connectivity index (χ0n) is 16.2. The van der Waals surface area contributed by atoms with Gasteiger partial charge >= 0.3 is 0 Å². The third-order valence-electron chi connectivity index (χ3n) is 5.54. The highest BCUT2D eigenvalue weighted by atomic mass is 16.3. The zero-order valence-corrected chi connectivity index (χ0v) is 16.2. The number of aromatic nitrogens is 5. The van der Waals surface area contributed by atoms with Crippen LogP contribution in [-0.4, -0.2) is 41.6 Å². The maximum atomic E-state index is 9.72. The van der Waals surface area contributed by atoms with Gasteiger partial charge in [0, 0.05) is 24.2 Å². The first-order valence-electron chi connectivity index (χ1n) is 9.86. The van der Waals surface area contributed by atoms with E-state index in [1.807, 2.05) is 48.0 Å². The van der Waals surface area contributed by atoms with Gasteiger partial charge in [-0.2, -0.15) is 14.6 Å². The summed E-state index contributed by atoms with van der Waals surface area (Å²) in [4.78, 5) is 4.60. The molecule has 150 valence electrons. The van der Waals surface area contributed by atoms with E-state index in [-0.39, 0.29) is 6.10 Å². The van der Waals surface area contributed by atoms with Crippen LogP contribution < -0.4 is 16.4 Å². The number of nitrogen functional groups attached to an aromatic ring is 1. The predicted molar refractivity (Wildman–Crippen MR) is 113 cm³/mol. The molecule has 0 unspecified atom stereocenters. The monoisotopic (exact) mass is 392 g/mol. The smallest absolute Gasteiger partial charge is 0.247 e. The predicted octanol–water partition coefficient (Wildman–Crippen LogP) is 2.66. The molecule has 9 heteroatoms. The van der Waals surface area contributed by atoms with E-state index in [1.54, 1.807) is 4.68 Å². The van der Waals surface area contributed by atoms with Gasteiger partial charge in [0.2, 0.25) is 5.95 Å². The van der Waals surface area contributed by atoms with Gasteiger partial charge in [-0.3, -0.25) is 4.68 Å². The van der Waals surface area contributed by atoms with Crippen molar-refractivity contribution in [2.75, 3.05) is 16.4 Å². The van der Waals surface area contributed by atoms with Crippen LogP contribution in [0.5, 0.6) is 0 Å². The standard InChI is InChI=1S/C20H24N8O/c1-27-16-11-13(7-10-15(16)19(21)25-27)23-20-24-18-4-2-3-17(28(18)26-20)22-12-5-8-14(29)9-6-12/h2-4,7,10-12,14,22,29H,5-6,8-9H2,1H3,(H2,21,25)(H,23,26)/t12-,14+. The molecule has 0 amide bonds. The third-order valence-corrected chi connectivity index (χ3v) is 5.54. The number of anilines is 4. The van der Waals surface area contributed by atoms with Crippen LogP contribution in [-0.2, 0) is 7.05 Å². The topological polar surface area (TPSA) is 118 Å². The van der Waals surface area contributed by atoms with E-state index >= 15 is 0 Å². The van der Waals surface area contributed by atoms with Crippen molar-refractivity contribution in [3.05, 3.63) is 36.4 Å². The second-order valence-corrected chi connectivity index (χ2v) is 7.63. The number of aliphatic hydroxyl groups excluding tert-OH is 1. The zero-order chi connectivity index (χ0) is 20.0. The highest BCUT2D eigenvalue weighted by Gasteiger charge is 2.20. The summed E-state index contributed by atoms with van der Waals surface area (Å²) >= 11 is 0. The number of hydrogen-bond acceptors (Lipinski definition) is 7. The van der Waals surface area contributed by atoms with Crippen molar-refractivity contribution in [3.63, 3.8) is 0 Å². The number of pyridine rings is 1. The molecule has 3 heterocycles. The van der Waals surface area contributed by atoms with Crippen LogP contribution >= 0.6 is 0 Å². The molecule has 0 aliphatic heterocycles. The quantitative estimate of drug-likeness (QED) is 0.422. The molecule has 1 aromatic carbocycles. The molecule has 0 bridgehead atoms. The van der Waals surface area contributed by atoms with Gasteiger partial charge in [-0.25, -0.2) is 0 Å². The Labute approximate surface area is 167 Å². The van der Waals surface area contributed by atoms with E-state index in [0.29, 0.717) is 17.8 Å². The van der Waals surface area contributed by atoms with Gasteiger partial charge in [0.05, 0.1) is 11.6 Å². The normalized spacial score (nSPS) is 19.7. The van der Waals surface area contributed by atoms with Crippen LogP contribution in [0.4, 0.5) is 23.3 Å². The molecule has 5 N–H and O–H groups in total. The molecule has 3 aromatic heterocycles. The number of nitrogens with zero attached hydrogens (tertiary/aromatic N) is 5. The Balaban J connectivity index is 1.41. The Morgan fingerprint density at radius 3 is 2.76 bits per heavy atom. The molecule has 0 atom stereocenters. The second kappa shape index (κ2) is 6.93. The lowest BCUT2D eigenvalue weighted by Crippen LogP contribution is -2.29. The molecule has 1 fully saturated rings. The van der Waals surface area contributed by atoms with Crippen molar-refractivity contribution in [2.45, 2.75) is 37.8 Å². The van der Waals surface area contributed by atoms with E-state index in [2.05, 4.69) is 25.8 Å². The third kappa shape index (κ3) is 3.33. The van der Waals surface area contributed by atoms with Crippen molar-refractivity contribution >= 4 is 39.8 Å². The number of hydrogen-bond donors (Lipinski definition) is 4. The lowest BCUT2D eigenvalue weighted by atomic mass is 9.93. The first-order chi connectivity index (χ1) is 14.1. The average Bonchev–Trinajstić information content (AvgIpc) is 3.24. The van der Waals surface area contributed by atoms with E-state index in [4.69, 9.17) is 5.73 Å². The van der Waals surface area contributed by atoms with Gasteiger partial charge in [0.25, 0.3) is 0 Å². The maximum absolute atomic E-state index is 9.72. The molecular weight excluding hydrogens is 368 g/mol. The van der Waals surface area contributed by atoms with E-state index in [9.17, 15) is 5.11 Å². The van der Waals surface area contributed by atoms with Gasteiger partial charge in [0.1, 0.15) is 5.82 Å². The summed E-state index contributed by atoms with van der Waals surface area (Å²) in [5.74, 6) is 1.94. The van der Waals surface area contributed by atoms with Crippen molar-refractivity contribution in [1.82, 2.24) is 24.4 Å². The highest BCUT2D eigenvalue weighted by molar-refractivity contribution is 5.91. The Hall–Kier alpha value is -3.33. The van der Waals surface area contributed by atoms with Gasteiger partial charge in [-0.15, -0.1) is 5.10 Å². The number of nitrogens with one attached hydrogen (secondary N) is 2. The number of aryl methyl sites for hydroxylation is 1. The molecule has 9 nitrogen and oxygen atoms in total. The summed E-state index contributed by atoms with van der Waals surface area (Å²) in [7, 11) is 1.87. The number of nitrogens with two attached hydrogens (primary N) is 1. The number of fused-ring (bicyclic) bond motifs is 2. The number of benzene rings is 1. The molecule has 0 spiro atoms. The fraction of sp³-hybridized carbons (Fsp3) is 0.350. The number of aliphatic hydroxyl groups is 1. The second-order valence-electron chi connectivity index (χ2n) is 7.63. The Bertz CT molecular complexity index is 1170. The fourth-order valence-corrected chi connectivity index (χ4v) is 3.99. The minimum atomic E-state index is -0.168. The summed E-state index contributed by atoms with van der Waals surface area (Å²) in [6.45, 7) is 0. The minimum absolute atomic E-state index is 0.168. The lowest BCUT2D eigenvalue weighted by Gasteiger charge is -2.26. The SMILES string of the molecule is Cn1nc(N)c2ccc(Nc3nc4cccc(N[C@H]5CC[C@@H](O)CC5)n4n3)cc21. The van der Waals surface area contributed by atoms with E-state index < -0.39 is 0 Å². The Morgan fingerprint density at radius 1 is 1.10 bits per heavy atom. The van der Waals surface area contributed by atoms with E-state index in [0.717, 1.165) is 53.7 Å². The molecule has 0 radical (unpaired) electrons. The van der Waals surface area contributed by atoms with Gasteiger partial charge < -0.3 is 21.5 Å². The van der Waals surface area contributed by atoms with Gasteiger partial charge in [-0.1, -0.05) is 6.07 Å². The van der Waals surface area contributed by atoms with Crippen molar-refractivity contribution < 1.29 is 5.11 Å². The van der Waals surface area contributed by atoms with Crippen LogP contribution in [0.2, 0.25) is 0 Å². The number of rotatable bonds is 4. The molecule has 1 aliphatic carbocycles. The van der Waals surface area contributed by atoms with Crippen LogP contribution in [0, 0.1) is 0 Å². The Kier molecular flexibility index (Phi) is 4.24. The summed E-state index contributed by atoms with van der Waals surface area (Å²) in [5, 5.41) is 26.3. The van der Waals surface area contributed by atoms with Crippen molar-refractivity contribution in [3.8, 4) is 0 Å². The molecule has 0 saturated heterocycles. The highest BCUT2D eigenvalue weighted by Crippen LogP contribution is 2.26. The fourth-order valence-electron chi connectivity index (χ4n) is 3.99. The van der Waals surface area contributed by atoms with Crippen molar-refractivity contribution in [2.24, 2.45) is 7.05 Å². The average molecular weight is 392 g/mol. The molecule has 5 rings (SSSR count). The summed E-state index contributed by atoms with van der Waals surface area (Å²) in [6, 6.07) is 12.1. The van der Waals surface area contributed by atoms with Crippen LogP contribution in [0.3, 0.4) is 0 Å². The first-order valence-corrected chi connectivity index (χ1v) is 9.86. The van der Waals surface area contributed by atoms with Crippen LogP contribution in [0.15, 0.2) is 36.4 Å². The maximum Gasteiger partial charge on any atom is 0.247 e. The Morgan fingerprint density at radius 2 is 1.93 bits per heavy atom. The minimum Gasteiger partial charge on any atom is -0.393 e. The molecule has 1 aliphatic rings. The van der Waals surface area contributed by atoms with Gasteiger partial charge in [0.15, 0.2) is 11.5 Å².